The lowest BCUT2D eigenvalue weighted by molar-refractivity contribution is -0.130. The predicted octanol–water partition coefficient (Wildman–Crippen LogP) is 2.79. The molecule has 1 atom stereocenters. The van der Waals surface area contributed by atoms with Gasteiger partial charge in [-0.3, -0.25) is 4.79 Å². The number of halogens is 1. The van der Waals surface area contributed by atoms with Crippen molar-refractivity contribution in [2.75, 3.05) is 26.2 Å². The highest BCUT2D eigenvalue weighted by molar-refractivity contribution is 7.10. The molecule has 1 aliphatic heterocycles. The van der Waals surface area contributed by atoms with E-state index in [9.17, 15) is 9.18 Å². The third kappa shape index (κ3) is 6.19. The number of hydrogen-bond donors (Lipinski definition) is 2. The van der Waals surface area contributed by atoms with Crippen molar-refractivity contribution in [3.05, 3.63) is 52.0 Å². The fourth-order valence-corrected chi connectivity index (χ4v) is 3.99. The van der Waals surface area contributed by atoms with E-state index < -0.39 is 0 Å². The molecule has 6 nitrogen and oxygen atoms in total. The molecule has 29 heavy (non-hydrogen) atoms. The van der Waals surface area contributed by atoms with Crippen LogP contribution in [-0.4, -0.2) is 49.0 Å². The molecule has 0 bridgehead atoms. The maximum Gasteiger partial charge on any atom is 0.244 e. The van der Waals surface area contributed by atoms with Gasteiger partial charge in [-0.25, -0.2) is 9.38 Å². The van der Waals surface area contributed by atoms with E-state index in [2.05, 4.69) is 27.1 Å². The van der Waals surface area contributed by atoms with Gasteiger partial charge in [0.1, 0.15) is 24.2 Å². The summed E-state index contributed by atoms with van der Waals surface area (Å²) >= 11 is 1.76. The Morgan fingerprint density at radius 3 is 3.03 bits per heavy atom. The first-order valence-corrected chi connectivity index (χ1v) is 10.7. The molecule has 0 fully saturated rings. The summed E-state index contributed by atoms with van der Waals surface area (Å²) in [5, 5.41) is 8.39. The molecule has 0 saturated carbocycles. The monoisotopic (exact) mass is 418 g/mol. The quantitative estimate of drug-likeness (QED) is 0.536. The number of carbonyl (C=O) groups is 1. The summed E-state index contributed by atoms with van der Waals surface area (Å²) in [5.74, 6) is 0.726. The van der Waals surface area contributed by atoms with Crippen molar-refractivity contribution in [3.63, 3.8) is 0 Å². The van der Waals surface area contributed by atoms with Gasteiger partial charge in [-0.15, -0.1) is 11.3 Å². The molecule has 2 aromatic rings. The molecule has 1 amide bonds. The molecule has 3 rings (SSSR count). The predicted molar refractivity (Wildman–Crippen MR) is 114 cm³/mol. The van der Waals surface area contributed by atoms with E-state index in [4.69, 9.17) is 4.74 Å². The Labute approximate surface area is 174 Å². The maximum atomic E-state index is 13.3. The summed E-state index contributed by atoms with van der Waals surface area (Å²) < 4.78 is 19.0. The number of rotatable bonds is 7. The van der Waals surface area contributed by atoms with Crippen molar-refractivity contribution < 1.29 is 13.9 Å². The minimum Gasteiger partial charge on any atom is -0.489 e. The molecule has 0 aliphatic carbocycles. The van der Waals surface area contributed by atoms with Gasteiger partial charge < -0.3 is 20.3 Å². The number of fused-ring (bicyclic) bond motifs is 1. The molecular formula is C21H27FN4O2S. The highest BCUT2D eigenvalue weighted by Gasteiger charge is 2.21. The Kier molecular flexibility index (Phi) is 7.46. The number of amides is 1. The lowest BCUT2D eigenvalue weighted by atomic mass is 10.1. The molecular weight excluding hydrogens is 391 g/mol. The van der Waals surface area contributed by atoms with Crippen LogP contribution in [0.4, 0.5) is 4.39 Å². The lowest BCUT2D eigenvalue weighted by Gasteiger charge is -2.26. The normalized spacial score (nSPS) is 14.9. The zero-order chi connectivity index (χ0) is 20.6. The Balaban J connectivity index is 1.49. The van der Waals surface area contributed by atoms with Crippen LogP contribution < -0.4 is 15.4 Å². The summed E-state index contributed by atoms with van der Waals surface area (Å²) in [7, 11) is 0. The second-order valence-corrected chi connectivity index (χ2v) is 7.90. The van der Waals surface area contributed by atoms with E-state index >= 15 is 0 Å². The van der Waals surface area contributed by atoms with Crippen molar-refractivity contribution in [2.45, 2.75) is 32.9 Å². The minimum absolute atomic E-state index is 0.0168. The SMILES string of the molecule is CCNC(=NCC(=O)N1CCc2sccc2C1)NCC(C)Oc1cccc(F)c1. The van der Waals surface area contributed by atoms with Gasteiger partial charge in [0.05, 0.1) is 6.54 Å². The number of guanidine groups is 1. The molecule has 1 unspecified atom stereocenters. The smallest absolute Gasteiger partial charge is 0.244 e. The number of aliphatic imine (C=N–C) groups is 1. The molecule has 0 spiro atoms. The zero-order valence-electron chi connectivity index (χ0n) is 16.8. The van der Waals surface area contributed by atoms with Crippen LogP contribution in [0.2, 0.25) is 0 Å². The second-order valence-electron chi connectivity index (χ2n) is 6.90. The van der Waals surface area contributed by atoms with Gasteiger partial charge in [-0.05, 0) is 49.4 Å². The van der Waals surface area contributed by atoms with Crippen molar-refractivity contribution in [1.82, 2.24) is 15.5 Å². The highest BCUT2D eigenvalue weighted by atomic mass is 32.1. The van der Waals surface area contributed by atoms with E-state index in [1.807, 2.05) is 18.7 Å². The summed E-state index contributed by atoms with van der Waals surface area (Å²) in [6.45, 7) is 6.50. The summed E-state index contributed by atoms with van der Waals surface area (Å²) in [6.07, 6.45) is 0.714. The van der Waals surface area contributed by atoms with Gasteiger partial charge in [0.25, 0.3) is 0 Å². The van der Waals surface area contributed by atoms with Crippen LogP contribution >= 0.6 is 11.3 Å². The van der Waals surface area contributed by atoms with Crippen molar-refractivity contribution in [2.24, 2.45) is 4.99 Å². The average molecular weight is 419 g/mol. The van der Waals surface area contributed by atoms with E-state index in [-0.39, 0.29) is 24.4 Å². The molecule has 0 saturated heterocycles. The van der Waals surface area contributed by atoms with Crippen molar-refractivity contribution in [1.29, 1.82) is 0 Å². The maximum absolute atomic E-state index is 13.3. The van der Waals surface area contributed by atoms with E-state index in [1.54, 1.807) is 23.5 Å². The van der Waals surface area contributed by atoms with Gasteiger partial charge in [0, 0.05) is 30.6 Å². The number of nitrogens with one attached hydrogen (secondary N) is 2. The molecule has 1 aliphatic rings. The average Bonchev–Trinajstić information content (AvgIpc) is 3.17. The van der Waals surface area contributed by atoms with E-state index in [0.29, 0.717) is 31.3 Å². The van der Waals surface area contributed by atoms with Gasteiger partial charge in [-0.2, -0.15) is 0 Å². The van der Waals surface area contributed by atoms with Gasteiger partial charge in [-0.1, -0.05) is 6.07 Å². The Bertz CT molecular complexity index is 855. The Hall–Kier alpha value is -2.61. The fraction of sp³-hybridized carbons (Fsp3) is 0.429. The van der Waals surface area contributed by atoms with Gasteiger partial charge in [0.2, 0.25) is 5.91 Å². The van der Waals surface area contributed by atoms with Crippen LogP contribution in [0.25, 0.3) is 0 Å². The van der Waals surface area contributed by atoms with Crippen LogP contribution in [0, 0.1) is 5.82 Å². The largest absolute Gasteiger partial charge is 0.489 e. The first kappa shape index (κ1) is 21.1. The zero-order valence-corrected chi connectivity index (χ0v) is 17.6. The molecule has 156 valence electrons. The molecule has 1 aromatic carbocycles. The van der Waals surface area contributed by atoms with E-state index in [0.717, 1.165) is 13.0 Å². The number of hydrogen-bond acceptors (Lipinski definition) is 4. The van der Waals surface area contributed by atoms with Crippen LogP contribution in [0.3, 0.4) is 0 Å². The Morgan fingerprint density at radius 2 is 2.24 bits per heavy atom. The third-order valence-electron chi connectivity index (χ3n) is 4.57. The second kappa shape index (κ2) is 10.2. The van der Waals surface area contributed by atoms with Crippen LogP contribution in [0.5, 0.6) is 5.75 Å². The number of benzene rings is 1. The lowest BCUT2D eigenvalue weighted by Crippen LogP contribution is -2.43. The van der Waals surface area contributed by atoms with Crippen LogP contribution in [0.1, 0.15) is 24.3 Å². The standard InChI is InChI=1S/C21H27FN4O2S/c1-3-23-21(24-12-15(2)28-18-6-4-5-17(22)11-18)25-13-20(27)26-9-7-19-16(14-26)8-10-29-19/h4-6,8,10-11,15H,3,7,9,12-14H2,1-2H3,(H2,23,24,25). The topological polar surface area (TPSA) is 66.0 Å². The summed E-state index contributed by atoms with van der Waals surface area (Å²) in [6, 6.07) is 8.15. The highest BCUT2D eigenvalue weighted by Crippen LogP contribution is 2.23. The molecule has 0 radical (unpaired) electrons. The Morgan fingerprint density at radius 1 is 1.38 bits per heavy atom. The van der Waals surface area contributed by atoms with Crippen LogP contribution in [0.15, 0.2) is 40.7 Å². The fourth-order valence-electron chi connectivity index (χ4n) is 3.10. The molecule has 1 aromatic heterocycles. The number of carbonyl (C=O) groups excluding carboxylic acids is 1. The van der Waals surface area contributed by atoms with Crippen LogP contribution in [-0.2, 0) is 17.8 Å². The van der Waals surface area contributed by atoms with E-state index in [1.165, 1.54) is 22.6 Å². The molecule has 2 heterocycles. The number of thiophene rings is 1. The first-order chi connectivity index (χ1) is 14.0. The first-order valence-electron chi connectivity index (χ1n) is 9.82. The molecule has 8 heteroatoms. The minimum atomic E-state index is -0.330. The van der Waals surface area contributed by atoms with Gasteiger partial charge >= 0.3 is 0 Å². The van der Waals surface area contributed by atoms with Crippen molar-refractivity contribution >= 4 is 23.2 Å². The van der Waals surface area contributed by atoms with Crippen molar-refractivity contribution in [3.8, 4) is 5.75 Å². The number of ether oxygens (including phenoxy) is 1. The number of nitrogens with zero attached hydrogens (tertiary/aromatic N) is 2. The van der Waals surface area contributed by atoms with Gasteiger partial charge in [0.15, 0.2) is 5.96 Å². The summed E-state index contributed by atoms with van der Waals surface area (Å²) in [4.78, 5) is 20.2. The third-order valence-corrected chi connectivity index (χ3v) is 5.59. The molecule has 2 N–H and O–H groups in total. The summed E-state index contributed by atoms with van der Waals surface area (Å²) in [5.41, 5.74) is 1.24.